The summed E-state index contributed by atoms with van der Waals surface area (Å²) in [7, 11) is 0. The Morgan fingerprint density at radius 1 is 1.38 bits per heavy atom. The number of alkyl halides is 3. The van der Waals surface area contributed by atoms with E-state index >= 15 is 0 Å². The number of rotatable bonds is 7. The molecular formula is C17H21ClF3N3OS. The second-order valence-corrected chi connectivity index (χ2v) is 6.55. The highest BCUT2D eigenvalue weighted by atomic mass is 35.5. The minimum absolute atomic E-state index is 0. The van der Waals surface area contributed by atoms with Crippen LogP contribution >= 0.6 is 23.7 Å². The number of nitrogens with zero attached hydrogens (tertiary/aromatic N) is 1. The number of hydrogen-bond donors (Lipinski definition) is 2. The zero-order chi connectivity index (χ0) is 18.4. The lowest BCUT2D eigenvalue weighted by Crippen LogP contribution is -2.29. The van der Waals surface area contributed by atoms with Crippen LogP contribution in [0.1, 0.15) is 52.4 Å². The summed E-state index contributed by atoms with van der Waals surface area (Å²) >= 11 is 1.34. The summed E-state index contributed by atoms with van der Waals surface area (Å²) in [5.74, 6) is -0.393. The quantitative estimate of drug-likeness (QED) is 0.716. The summed E-state index contributed by atoms with van der Waals surface area (Å²) in [6.45, 7) is 2.35. The normalized spacial score (nSPS) is 12.3. The largest absolute Gasteiger partial charge is 0.416 e. The minimum Gasteiger partial charge on any atom is -0.344 e. The third kappa shape index (κ3) is 5.96. The summed E-state index contributed by atoms with van der Waals surface area (Å²) < 4.78 is 38.7. The van der Waals surface area contributed by atoms with Gasteiger partial charge in [0.1, 0.15) is 5.69 Å². The van der Waals surface area contributed by atoms with Gasteiger partial charge in [0, 0.05) is 11.8 Å². The van der Waals surface area contributed by atoms with Gasteiger partial charge in [0.25, 0.3) is 5.91 Å². The molecule has 1 aromatic heterocycles. The molecule has 3 N–H and O–H groups in total. The van der Waals surface area contributed by atoms with Gasteiger partial charge in [0.2, 0.25) is 0 Å². The predicted molar refractivity (Wildman–Crippen MR) is 98.7 cm³/mol. The second kappa shape index (κ2) is 9.89. The van der Waals surface area contributed by atoms with Crippen LogP contribution < -0.4 is 11.1 Å². The molecule has 0 fully saturated rings. The van der Waals surface area contributed by atoms with E-state index in [2.05, 4.69) is 10.3 Å². The minimum atomic E-state index is -4.41. The monoisotopic (exact) mass is 407 g/mol. The molecule has 1 atom stereocenters. The summed E-state index contributed by atoms with van der Waals surface area (Å²) in [5.41, 5.74) is 5.44. The molecule has 9 heteroatoms. The molecule has 0 saturated heterocycles. The first-order chi connectivity index (χ1) is 11.8. The highest BCUT2D eigenvalue weighted by Gasteiger charge is 2.31. The topological polar surface area (TPSA) is 68.0 Å². The van der Waals surface area contributed by atoms with E-state index in [1.165, 1.54) is 17.4 Å². The lowest BCUT2D eigenvalue weighted by atomic mass is 9.99. The summed E-state index contributed by atoms with van der Waals surface area (Å²) in [6, 6.07) is 4.56. The summed E-state index contributed by atoms with van der Waals surface area (Å²) in [4.78, 5) is 16.6. The smallest absolute Gasteiger partial charge is 0.344 e. The van der Waals surface area contributed by atoms with Crippen LogP contribution in [0.15, 0.2) is 29.6 Å². The highest BCUT2D eigenvalue weighted by molar-refractivity contribution is 7.09. The Balaban J connectivity index is 0.00000338. The maximum absolute atomic E-state index is 12.9. The molecule has 2 aromatic rings. The Hall–Kier alpha value is -1.64. The molecule has 0 aliphatic heterocycles. The molecule has 0 saturated carbocycles. The van der Waals surface area contributed by atoms with Crippen LogP contribution in [0.4, 0.5) is 13.2 Å². The number of aromatic nitrogens is 1. The SMILES string of the molecule is CCCC(NC(=O)c1csc(CCN)n1)c1cccc(C(F)(F)F)c1.Cl. The van der Waals surface area contributed by atoms with Crippen molar-refractivity contribution in [2.45, 2.75) is 38.4 Å². The number of carbonyl (C=O) groups is 1. The van der Waals surface area contributed by atoms with Crippen molar-refractivity contribution in [3.63, 3.8) is 0 Å². The number of benzene rings is 1. The van der Waals surface area contributed by atoms with Gasteiger partial charge in [-0.05, 0) is 30.7 Å². The van der Waals surface area contributed by atoms with Crippen LogP contribution in [0, 0.1) is 0 Å². The van der Waals surface area contributed by atoms with E-state index in [9.17, 15) is 18.0 Å². The van der Waals surface area contributed by atoms with Gasteiger partial charge in [-0.25, -0.2) is 4.98 Å². The molecule has 0 spiro atoms. The molecule has 1 heterocycles. The number of carbonyl (C=O) groups excluding carboxylic acids is 1. The molecule has 26 heavy (non-hydrogen) atoms. The number of halogens is 4. The van der Waals surface area contributed by atoms with Crippen LogP contribution in [-0.4, -0.2) is 17.4 Å². The average molecular weight is 408 g/mol. The second-order valence-electron chi connectivity index (χ2n) is 5.60. The zero-order valence-corrected chi connectivity index (χ0v) is 15.8. The Labute approximate surface area is 160 Å². The third-order valence-corrected chi connectivity index (χ3v) is 4.55. The first-order valence-electron chi connectivity index (χ1n) is 7.97. The highest BCUT2D eigenvalue weighted by Crippen LogP contribution is 2.31. The van der Waals surface area contributed by atoms with Crippen molar-refractivity contribution in [2.75, 3.05) is 6.54 Å². The predicted octanol–water partition coefficient (Wildman–Crippen LogP) is 4.36. The van der Waals surface area contributed by atoms with Crippen molar-refractivity contribution < 1.29 is 18.0 Å². The van der Waals surface area contributed by atoms with Crippen molar-refractivity contribution in [3.8, 4) is 0 Å². The van der Waals surface area contributed by atoms with Gasteiger partial charge >= 0.3 is 6.18 Å². The van der Waals surface area contributed by atoms with E-state index in [-0.39, 0.29) is 18.1 Å². The molecular weight excluding hydrogens is 387 g/mol. The number of nitrogens with two attached hydrogens (primary N) is 1. The van der Waals surface area contributed by atoms with Crippen LogP contribution in [0.2, 0.25) is 0 Å². The van der Waals surface area contributed by atoms with Crippen molar-refractivity contribution >= 4 is 29.7 Å². The Kier molecular flexibility index (Phi) is 8.52. The standard InChI is InChI=1S/C17H20F3N3OS.ClH/c1-2-4-13(11-5-3-6-12(9-11)17(18,19)20)23-16(24)14-10-25-15(22-14)7-8-21;/h3,5-6,9-10,13H,2,4,7-8,21H2,1H3,(H,23,24);1H. The molecule has 144 valence electrons. The van der Waals surface area contributed by atoms with Gasteiger partial charge < -0.3 is 11.1 Å². The van der Waals surface area contributed by atoms with E-state index < -0.39 is 23.7 Å². The fourth-order valence-electron chi connectivity index (χ4n) is 2.43. The maximum atomic E-state index is 12.9. The summed E-state index contributed by atoms with van der Waals surface area (Å²) in [6.07, 6.45) is -2.57. The first-order valence-corrected chi connectivity index (χ1v) is 8.85. The lowest BCUT2D eigenvalue weighted by Gasteiger charge is -2.19. The lowest BCUT2D eigenvalue weighted by molar-refractivity contribution is -0.137. The number of thiazole rings is 1. The fraction of sp³-hybridized carbons (Fsp3) is 0.412. The van der Waals surface area contributed by atoms with Crippen molar-refractivity contribution in [2.24, 2.45) is 5.73 Å². The molecule has 0 bridgehead atoms. The average Bonchev–Trinajstić information content (AvgIpc) is 3.03. The van der Waals surface area contributed by atoms with E-state index in [0.717, 1.165) is 23.6 Å². The zero-order valence-electron chi connectivity index (χ0n) is 14.2. The molecule has 4 nitrogen and oxygen atoms in total. The Morgan fingerprint density at radius 3 is 2.73 bits per heavy atom. The Bertz CT molecular complexity index is 721. The summed E-state index contributed by atoms with van der Waals surface area (Å²) in [5, 5.41) is 5.19. The van der Waals surface area contributed by atoms with Crippen molar-refractivity contribution in [1.82, 2.24) is 10.3 Å². The Morgan fingerprint density at radius 2 is 2.12 bits per heavy atom. The number of hydrogen-bond acceptors (Lipinski definition) is 4. The van der Waals surface area contributed by atoms with Gasteiger partial charge in [-0.3, -0.25) is 4.79 Å². The molecule has 0 radical (unpaired) electrons. The molecule has 1 aromatic carbocycles. The van der Waals surface area contributed by atoms with E-state index in [0.29, 0.717) is 24.9 Å². The number of amides is 1. The first kappa shape index (κ1) is 22.4. The van der Waals surface area contributed by atoms with Crippen molar-refractivity contribution in [1.29, 1.82) is 0 Å². The van der Waals surface area contributed by atoms with E-state index in [1.54, 1.807) is 11.4 Å². The van der Waals surface area contributed by atoms with Crippen LogP contribution in [0.25, 0.3) is 0 Å². The maximum Gasteiger partial charge on any atom is 0.416 e. The van der Waals surface area contributed by atoms with Crippen LogP contribution in [0.5, 0.6) is 0 Å². The van der Waals surface area contributed by atoms with Crippen molar-refractivity contribution in [3.05, 3.63) is 51.5 Å². The van der Waals surface area contributed by atoms with Gasteiger partial charge in [-0.1, -0.05) is 25.5 Å². The molecule has 1 amide bonds. The van der Waals surface area contributed by atoms with E-state index in [4.69, 9.17) is 5.73 Å². The number of nitrogens with one attached hydrogen (secondary N) is 1. The molecule has 1 unspecified atom stereocenters. The molecule has 0 aliphatic carbocycles. The van der Waals surface area contributed by atoms with Gasteiger partial charge in [0.05, 0.1) is 16.6 Å². The van der Waals surface area contributed by atoms with Gasteiger partial charge in [-0.15, -0.1) is 23.7 Å². The third-order valence-electron chi connectivity index (χ3n) is 3.64. The van der Waals surface area contributed by atoms with Crippen LogP contribution in [0.3, 0.4) is 0 Å². The van der Waals surface area contributed by atoms with Crippen LogP contribution in [-0.2, 0) is 12.6 Å². The van der Waals surface area contributed by atoms with E-state index in [1.807, 2.05) is 6.92 Å². The molecule has 2 rings (SSSR count). The molecule has 0 aliphatic rings. The van der Waals surface area contributed by atoms with Gasteiger partial charge in [0.15, 0.2) is 0 Å². The van der Waals surface area contributed by atoms with Gasteiger partial charge in [-0.2, -0.15) is 13.2 Å². The fourth-order valence-corrected chi connectivity index (χ4v) is 3.22.